The SMILES string of the molecule is CCNC(=O)NC(=O)C(C)N1CCOC(CN)C1. The molecule has 0 spiro atoms. The molecule has 7 heteroatoms. The molecule has 1 rings (SSSR count). The Balaban J connectivity index is 2.44. The lowest BCUT2D eigenvalue weighted by atomic mass is 10.2. The molecule has 0 radical (unpaired) electrons. The molecule has 0 saturated carbocycles. The Labute approximate surface area is 107 Å². The second-order valence-corrected chi connectivity index (χ2v) is 4.25. The molecule has 1 heterocycles. The van der Waals surface area contributed by atoms with E-state index < -0.39 is 6.03 Å². The highest BCUT2D eigenvalue weighted by atomic mass is 16.5. The summed E-state index contributed by atoms with van der Waals surface area (Å²) in [5.41, 5.74) is 5.55. The van der Waals surface area contributed by atoms with E-state index in [2.05, 4.69) is 10.6 Å². The zero-order valence-corrected chi connectivity index (χ0v) is 10.9. The van der Waals surface area contributed by atoms with Crippen LogP contribution in [0.2, 0.25) is 0 Å². The summed E-state index contributed by atoms with van der Waals surface area (Å²) in [7, 11) is 0. The molecule has 0 aromatic rings. The number of rotatable bonds is 4. The van der Waals surface area contributed by atoms with Crippen molar-refractivity contribution in [1.82, 2.24) is 15.5 Å². The molecular formula is C11H22N4O3. The van der Waals surface area contributed by atoms with Crippen molar-refractivity contribution in [2.24, 2.45) is 5.73 Å². The first-order chi connectivity index (χ1) is 8.58. The van der Waals surface area contributed by atoms with Crippen LogP contribution in [0.3, 0.4) is 0 Å². The van der Waals surface area contributed by atoms with Gasteiger partial charge in [-0.15, -0.1) is 0 Å². The van der Waals surface area contributed by atoms with Crippen molar-refractivity contribution in [2.75, 3.05) is 32.8 Å². The van der Waals surface area contributed by atoms with Crippen molar-refractivity contribution in [1.29, 1.82) is 0 Å². The van der Waals surface area contributed by atoms with Crippen LogP contribution < -0.4 is 16.4 Å². The van der Waals surface area contributed by atoms with E-state index in [9.17, 15) is 9.59 Å². The van der Waals surface area contributed by atoms with E-state index >= 15 is 0 Å². The number of urea groups is 1. The van der Waals surface area contributed by atoms with E-state index in [1.807, 2.05) is 4.90 Å². The third-order valence-corrected chi connectivity index (χ3v) is 2.93. The molecule has 2 unspecified atom stereocenters. The van der Waals surface area contributed by atoms with Crippen LogP contribution in [-0.2, 0) is 9.53 Å². The maximum absolute atomic E-state index is 11.8. The van der Waals surface area contributed by atoms with Gasteiger partial charge in [0.15, 0.2) is 0 Å². The van der Waals surface area contributed by atoms with Gasteiger partial charge in [0.2, 0.25) is 5.91 Å². The second kappa shape index (κ2) is 7.30. The van der Waals surface area contributed by atoms with Crippen molar-refractivity contribution < 1.29 is 14.3 Å². The first kappa shape index (κ1) is 14.9. The number of hydrogen-bond donors (Lipinski definition) is 3. The summed E-state index contributed by atoms with van der Waals surface area (Å²) in [6.07, 6.45) is -0.0431. The predicted octanol–water partition coefficient (Wildman–Crippen LogP) is -1.12. The van der Waals surface area contributed by atoms with E-state index in [1.165, 1.54) is 0 Å². The van der Waals surface area contributed by atoms with Gasteiger partial charge < -0.3 is 15.8 Å². The Morgan fingerprint density at radius 2 is 2.28 bits per heavy atom. The van der Waals surface area contributed by atoms with Gasteiger partial charge in [0.05, 0.1) is 18.8 Å². The Morgan fingerprint density at radius 3 is 2.89 bits per heavy atom. The molecule has 3 amide bonds. The fraction of sp³-hybridized carbons (Fsp3) is 0.818. The number of imide groups is 1. The first-order valence-electron chi connectivity index (χ1n) is 6.22. The minimum atomic E-state index is -0.460. The first-order valence-corrected chi connectivity index (χ1v) is 6.22. The van der Waals surface area contributed by atoms with Gasteiger partial charge >= 0.3 is 6.03 Å². The number of carbonyl (C=O) groups is 2. The Hall–Kier alpha value is -1.18. The minimum absolute atomic E-state index is 0.0431. The van der Waals surface area contributed by atoms with Gasteiger partial charge in [-0.1, -0.05) is 0 Å². The van der Waals surface area contributed by atoms with Crippen molar-refractivity contribution >= 4 is 11.9 Å². The highest BCUT2D eigenvalue weighted by molar-refractivity contribution is 5.96. The molecule has 2 atom stereocenters. The van der Waals surface area contributed by atoms with Crippen LogP contribution in [0.5, 0.6) is 0 Å². The standard InChI is InChI=1S/C11H22N4O3/c1-3-13-11(17)14-10(16)8(2)15-4-5-18-9(6-12)7-15/h8-9H,3-7,12H2,1-2H3,(H2,13,14,16,17). The van der Waals surface area contributed by atoms with Gasteiger partial charge in [0.25, 0.3) is 0 Å². The summed E-state index contributed by atoms with van der Waals surface area (Å²) in [5.74, 6) is -0.307. The van der Waals surface area contributed by atoms with Gasteiger partial charge in [-0.3, -0.25) is 15.0 Å². The Kier molecular flexibility index (Phi) is 6.03. The van der Waals surface area contributed by atoms with Gasteiger partial charge in [0, 0.05) is 26.2 Å². The van der Waals surface area contributed by atoms with Crippen LogP contribution in [0.1, 0.15) is 13.8 Å². The fourth-order valence-corrected chi connectivity index (χ4v) is 1.82. The summed E-state index contributed by atoms with van der Waals surface area (Å²) >= 11 is 0. The van der Waals surface area contributed by atoms with E-state index in [-0.39, 0.29) is 18.1 Å². The fourth-order valence-electron chi connectivity index (χ4n) is 1.82. The quantitative estimate of drug-likeness (QED) is 0.593. The average molecular weight is 258 g/mol. The Morgan fingerprint density at radius 1 is 1.56 bits per heavy atom. The summed E-state index contributed by atoms with van der Waals surface area (Å²) in [6.45, 7) is 6.32. The number of nitrogens with two attached hydrogens (primary N) is 1. The molecule has 104 valence electrons. The molecule has 4 N–H and O–H groups in total. The molecule has 1 aliphatic rings. The number of ether oxygens (including phenoxy) is 1. The molecule has 0 bridgehead atoms. The van der Waals surface area contributed by atoms with E-state index in [0.29, 0.717) is 32.8 Å². The maximum atomic E-state index is 11.8. The number of hydrogen-bond acceptors (Lipinski definition) is 5. The summed E-state index contributed by atoms with van der Waals surface area (Å²) in [4.78, 5) is 25.1. The number of amides is 3. The van der Waals surface area contributed by atoms with E-state index in [4.69, 9.17) is 10.5 Å². The highest BCUT2D eigenvalue weighted by Crippen LogP contribution is 2.08. The monoisotopic (exact) mass is 258 g/mol. The predicted molar refractivity (Wildman–Crippen MR) is 67.0 cm³/mol. The van der Waals surface area contributed by atoms with Crippen molar-refractivity contribution in [3.63, 3.8) is 0 Å². The van der Waals surface area contributed by atoms with Crippen LogP contribution in [0, 0.1) is 0 Å². The number of carbonyl (C=O) groups excluding carboxylic acids is 2. The van der Waals surface area contributed by atoms with Crippen LogP contribution in [-0.4, -0.2) is 61.8 Å². The van der Waals surface area contributed by atoms with Gasteiger partial charge in [-0.05, 0) is 13.8 Å². The number of nitrogens with zero attached hydrogens (tertiary/aromatic N) is 1. The van der Waals surface area contributed by atoms with Crippen LogP contribution in [0.25, 0.3) is 0 Å². The molecule has 18 heavy (non-hydrogen) atoms. The zero-order chi connectivity index (χ0) is 13.5. The third-order valence-electron chi connectivity index (χ3n) is 2.93. The van der Waals surface area contributed by atoms with Crippen LogP contribution >= 0.6 is 0 Å². The minimum Gasteiger partial charge on any atom is -0.374 e. The van der Waals surface area contributed by atoms with Crippen LogP contribution in [0.4, 0.5) is 4.79 Å². The zero-order valence-electron chi connectivity index (χ0n) is 10.9. The number of morpholine rings is 1. The molecule has 0 aromatic heterocycles. The van der Waals surface area contributed by atoms with Crippen molar-refractivity contribution in [3.8, 4) is 0 Å². The normalized spacial score (nSPS) is 22.3. The lowest BCUT2D eigenvalue weighted by Gasteiger charge is -2.35. The number of nitrogens with one attached hydrogen (secondary N) is 2. The average Bonchev–Trinajstić information content (AvgIpc) is 2.38. The van der Waals surface area contributed by atoms with E-state index in [1.54, 1.807) is 13.8 Å². The summed E-state index contributed by atoms with van der Waals surface area (Å²) in [6, 6.07) is -0.830. The smallest absolute Gasteiger partial charge is 0.321 e. The van der Waals surface area contributed by atoms with Gasteiger partial charge in [-0.2, -0.15) is 0 Å². The largest absolute Gasteiger partial charge is 0.374 e. The second-order valence-electron chi connectivity index (χ2n) is 4.25. The van der Waals surface area contributed by atoms with Crippen molar-refractivity contribution in [3.05, 3.63) is 0 Å². The molecule has 1 aliphatic heterocycles. The molecule has 1 fully saturated rings. The molecular weight excluding hydrogens is 236 g/mol. The van der Waals surface area contributed by atoms with Crippen LogP contribution in [0.15, 0.2) is 0 Å². The molecule has 0 aromatic carbocycles. The maximum Gasteiger partial charge on any atom is 0.321 e. The lowest BCUT2D eigenvalue weighted by Crippen LogP contribution is -2.55. The molecule has 1 saturated heterocycles. The Bertz CT molecular complexity index is 298. The molecule has 0 aliphatic carbocycles. The summed E-state index contributed by atoms with van der Waals surface area (Å²) < 4.78 is 5.43. The van der Waals surface area contributed by atoms with Gasteiger partial charge in [0.1, 0.15) is 0 Å². The molecule has 7 nitrogen and oxygen atoms in total. The lowest BCUT2D eigenvalue weighted by molar-refractivity contribution is -0.127. The third kappa shape index (κ3) is 4.25. The van der Waals surface area contributed by atoms with Gasteiger partial charge in [-0.25, -0.2) is 4.79 Å². The highest BCUT2D eigenvalue weighted by Gasteiger charge is 2.27. The summed E-state index contributed by atoms with van der Waals surface area (Å²) in [5, 5.41) is 4.83. The van der Waals surface area contributed by atoms with Crippen molar-refractivity contribution in [2.45, 2.75) is 26.0 Å². The topological polar surface area (TPSA) is 96.7 Å². The van der Waals surface area contributed by atoms with E-state index in [0.717, 1.165) is 0 Å².